The first-order chi connectivity index (χ1) is 5.77. The van der Waals surface area contributed by atoms with Crippen molar-refractivity contribution in [3.05, 3.63) is 28.8 Å². The molecule has 5 heteroatoms. The maximum absolute atomic E-state index is 9.29. The first kappa shape index (κ1) is 7.64. The molecule has 0 aliphatic carbocycles. The summed E-state index contributed by atoms with van der Waals surface area (Å²) in [6.07, 6.45) is 1.54. The average molecular weight is 181 g/mol. The topological polar surface area (TPSA) is 41.8 Å². The molecule has 0 radical (unpaired) electrons. The van der Waals surface area contributed by atoms with Gasteiger partial charge in [0.05, 0.1) is 6.21 Å². The third kappa shape index (κ3) is 1.19. The molecule has 60 valence electrons. The Morgan fingerprint density at radius 2 is 2.33 bits per heavy atom. The van der Waals surface area contributed by atoms with Crippen LogP contribution in [0, 0.1) is 0 Å². The van der Waals surface area contributed by atoms with E-state index in [1.165, 1.54) is 0 Å². The summed E-state index contributed by atoms with van der Waals surface area (Å²) in [7, 11) is -0.997. The Balaban J connectivity index is 2.56. The molecule has 0 fully saturated rings. The van der Waals surface area contributed by atoms with Crippen molar-refractivity contribution in [1.82, 2.24) is 0 Å². The van der Waals surface area contributed by atoms with Crippen LogP contribution < -0.4 is 5.46 Å². The maximum Gasteiger partial charge on any atom is 0.583 e. The van der Waals surface area contributed by atoms with Gasteiger partial charge in [-0.25, -0.2) is 0 Å². The van der Waals surface area contributed by atoms with Crippen LogP contribution in [-0.4, -0.2) is 18.4 Å². The summed E-state index contributed by atoms with van der Waals surface area (Å²) in [6, 6.07) is 5.18. The van der Waals surface area contributed by atoms with Crippen molar-refractivity contribution in [2.24, 2.45) is 5.16 Å². The van der Waals surface area contributed by atoms with Crippen molar-refractivity contribution in [2.75, 3.05) is 0 Å². The van der Waals surface area contributed by atoms with Crippen molar-refractivity contribution >= 4 is 30.4 Å². The van der Waals surface area contributed by atoms with E-state index in [1.54, 1.807) is 24.4 Å². The van der Waals surface area contributed by atoms with Gasteiger partial charge in [-0.15, -0.1) is 5.16 Å². The van der Waals surface area contributed by atoms with Gasteiger partial charge in [0, 0.05) is 10.5 Å². The van der Waals surface area contributed by atoms with Gasteiger partial charge in [0.1, 0.15) is 0 Å². The quantitative estimate of drug-likeness (QED) is 0.588. The Kier molecular flexibility index (Phi) is 1.79. The smallest absolute Gasteiger partial charge is 0.427 e. The Morgan fingerprint density at radius 1 is 1.50 bits per heavy atom. The minimum atomic E-state index is -0.997. The number of fused-ring (bicyclic) bond motifs is 1. The fourth-order valence-electron chi connectivity index (χ4n) is 1.08. The highest BCUT2D eigenvalue weighted by atomic mass is 35.5. The molecule has 0 amide bonds. The third-order valence-corrected chi connectivity index (χ3v) is 1.90. The summed E-state index contributed by atoms with van der Waals surface area (Å²) in [6.45, 7) is 0. The van der Waals surface area contributed by atoms with Gasteiger partial charge in [-0.05, 0) is 17.7 Å². The van der Waals surface area contributed by atoms with Gasteiger partial charge in [0.25, 0.3) is 0 Å². The molecule has 0 aromatic heterocycles. The van der Waals surface area contributed by atoms with E-state index >= 15 is 0 Å². The molecular formula is C7H5BClNO2. The van der Waals surface area contributed by atoms with E-state index in [4.69, 9.17) is 11.6 Å². The van der Waals surface area contributed by atoms with Crippen molar-refractivity contribution in [2.45, 2.75) is 0 Å². The van der Waals surface area contributed by atoms with Crippen LogP contribution in [0.3, 0.4) is 0 Å². The zero-order valence-corrected chi connectivity index (χ0v) is 6.82. The van der Waals surface area contributed by atoms with Gasteiger partial charge in [-0.3, -0.25) is 0 Å². The van der Waals surface area contributed by atoms with Crippen LogP contribution in [0.5, 0.6) is 0 Å². The standard InChI is InChI=1S/C7H5BClNO2/c9-6-2-1-5-4-10-12-8(11)7(5)3-6/h1-4,11H. The lowest BCUT2D eigenvalue weighted by Gasteiger charge is -2.11. The number of benzene rings is 1. The van der Waals surface area contributed by atoms with E-state index in [0.29, 0.717) is 10.5 Å². The lowest BCUT2D eigenvalue weighted by Crippen LogP contribution is -2.37. The van der Waals surface area contributed by atoms with E-state index < -0.39 is 7.12 Å². The summed E-state index contributed by atoms with van der Waals surface area (Å²) in [5.41, 5.74) is 1.48. The normalized spacial score (nSPS) is 14.0. The highest BCUT2D eigenvalue weighted by molar-refractivity contribution is 6.62. The SMILES string of the molecule is OB1ON=Cc2ccc(Cl)cc21. The van der Waals surface area contributed by atoms with Crippen LogP contribution in [0.25, 0.3) is 0 Å². The largest absolute Gasteiger partial charge is 0.583 e. The van der Waals surface area contributed by atoms with Crippen molar-refractivity contribution < 1.29 is 9.78 Å². The lowest BCUT2D eigenvalue weighted by atomic mass is 9.76. The molecule has 1 aromatic carbocycles. The molecular weight excluding hydrogens is 176 g/mol. The Hall–Kier alpha value is -0.995. The lowest BCUT2D eigenvalue weighted by molar-refractivity contribution is 0.286. The fourth-order valence-corrected chi connectivity index (χ4v) is 1.26. The van der Waals surface area contributed by atoms with Gasteiger partial charge in [-0.2, -0.15) is 0 Å². The highest BCUT2D eigenvalue weighted by Crippen LogP contribution is 2.09. The Morgan fingerprint density at radius 3 is 3.17 bits per heavy atom. The molecule has 12 heavy (non-hydrogen) atoms. The van der Waals surface area contributed by atoms with Gasteiger partial charge in [0.15, 0.2) is 0 Å². The highest BCUT2D eigenvalue weighted by Gasteiger charge is 2.24. The molecule has 2 rings (SSSR count). The van der Waals surface area contributed by atoms with Gasteiger partial charge >= 0.3 is 7.12 Å². The first-order valence-electron chi connectivity index (χ1n) is 3.44. The van der Waals surface area contributed by atoms with Crippen LogP contribution in [0.4, 0.5) is 0 Å². The summed E-state index contributed by atoms with van der Waals surface area (Å²) >= 11 is 5.73. The summed E-state index contributed by atoms with van der Waals surface area (Å²) in [5, 5.41) is 13.4. The van der Waals surface area contributed by atoms with E-state index in [0.717, 1.165) is 5.56 Å². The number of oxime groups is 1. The average Bonchev–Trinajstić information content (AvgIpc) is 2.07. The van der Waals surface area contributed by atoms with Crippen molar-refractivity contribution in [3.8, 4) is 0 Å². The molecule has 3 nitrogen and oxygen atoms in total. The van der Waals surface area contributed by atoms with E-state index in [9.17, 15) is 5.02 Å². The predicted octanol–water partition coefficient (Wildman–Crippen LogP) is 0.392. The maximum atomic E-state index is 9.29. The molecule has 0 unspecified atom stereocenters. The number of hydrogen-bond donors (Lipinski definition) is 1. The predicted molar refractivity (Wildman–Crippen MR) is 47.7 cm³/mol. The molecule has 1 aromatic rings. The Labute approximate surface area is 74.7 Å². The monoisotopic (exact) mass is 181 g/mol. The third-order valence-electron chi connectivity index (χ3n) is 1.67. The molecule has 0 saturated heterocycles. The van der Waals surface area contributed by atoms with E-state index in [-0.39, 0.29) is 0 Å². The van der Waals surface area contributed by atoms with E-state index in [1.807, 2.05) is 0 Å². The number of halogens is 1. The summed E-state index contributed by atoms with van der Waals surface area (Å²) < 4.78 is 4.63. The second kappa shape index (κ2) is 2.81. The summed E-state index contributed by atoms with van der Waals surface area (Å²) in [4.78, 5) is 0. The van der Waals surface area contributed by atoms with Crippen LogP contribution in [-0.2, 0) is 4.76 Å². The molecule has 0 atom stereocenters. The van der Waals surface area contributed by atoms with Gasteiger partial charge in [-0.1, -0.05) is 17.7 Å². The number of nitrogens with zero attached hydrogens (tertiary/aromatic N) is 1. The van der Waals surface area contributed by atoms with Crippen LogP contribution in [0.1, 0.15) is 5.56 Å². The fraction of sp³-hybridized carbons (Fsp3) is 0. The Bertz CT molecular complexity index is 342. The van der Waals surface area contributed by atoms with Crippen molar-refractivity contribution in [3.63, 3.8) is 0 Å². The molecule has 0 bridgehead atoms. The first-order valence-corrected chi connectivity index (χ1v) is 3.82. The molecule has 0 spiro atoms. The number of rotatable bonds is 0. The molecule has 1 heterocycles. The van der Waals surface area contributed by atoms with Crippen molar-refractivity contribution in [1.29, 1.82) is 0 Å². The second-order valence-corrected chi connectivity index (χ2v) is 2.90. The molecule has 1 N–H and O–H groups in total. The molecule has 0 saturated carbocycles. The van der Waals surface area contributed by atoms with Crippen LogP contribution in [0.2, 0.25) is 5.02 Å². The van der Waals surface area contributed by atoms with Gasteiger partial charge in [0.2, 0.25) is 0 Å². The van der Waals surface area contributed by atoms with E-state index in [2.05, 4.69) is 9.91 Å². The zero-order chi connectivity index (χ0) is 8.55. The minimum absolute atomic E-state index is 0.576. The minimum Gasteiger partial charge on any atom is -0.427 e. The van der Waals surface area contributed by atoms with Crippen LogP contribution >= 0.6 is 11.6 Å². The van der Waals surface area contributed by atoms with Gasteiger partial charge < -0.3 is 9.78 Å². The molecule has 1 aliphatic rings. The number of hydrogen-bond acceptors (Lipinski definition) is 3. The molecule has 1 aliphatic heterocycles. The van der Waals surface area contributed by atoms with Crippen LogP contribution in [0.15, 0.2) is 23.4 Å². The summed E-state index contributed by atoms with van der Waals surface area (Å²) in [5.74, 6) is 0. The zero-order valence-electron chi connectivity index (χ0n) is 6.07. The second-order valence-electron chi connectivity index (χ2n) is 2.47.